The second-order valence-corrected chi connectivity index (χ2v) is 15.5. The van der Waals surface area contributed by atoms with E-state index in [2.05, 4.69) is 25.9 Å². The molecule has 4 aromatic heterocycles. The van der Waals surface area contributed by atoms with E-state index in [1.165, 1.54) is 71.1 Å². The molecule has 0 saturated carbocycles. The number of amides is 2. The molecule has 20 heteroatoms. The third-order valence-electron chi connectivity index (χ3n) is 8.11. The maximum Gasteiger partial charge on any atom is 0.266 e. The molecular formula is C37H34F4N8O6S2. The van der Waals surface area contributed by atoms with Gasteiger partial charge in [0.2, 0.25) is 0 Å². The van der Waals surface area contributed by atoms with Crippen LogP contribution in [0.3, 0.4) is 0 Å². The number of carbonyl (C=O) groups is 2. The number of benzene rings is 2. The van der Waals surface area contributed by atoms with Crippen LogP contribution in [0.15, 0.2) is 70.3 Å². The Balaban J connectivity index is 0.000000218. The van der Waals surface area contributed by atoms with Crippen LogP contribution in [0.5, 0.6) is 0 Å². The van der Waals surface area contributed by atoms with E-state index < -0.39 is 51.8 Å². The van der Waals surface area contributed by atoms with E-state index in [-0.39, 0.29) is 70.3 Å². The van der Waals surface area contributed by atoms with Crippen LogP contribution in [0.4, 0.5) is 39.2 Å². The van der Waals surface area contributed by atoms with Crippen LogP contribution in [0.2, 0.25) is 0 Å². The Morgan fingerprint density at radius 1 is 0.702 bits per heavy atom. The average molecular weight is 827 g/mol. The second kappa shape index (κ2) is 16.1. The lowest BCUT2D eigenvalue weighted by atomic mass is 9.96. The van der Waals surface area contributed by atoms with Gasteiger partial charge in [-0.2, -0.15) is 10.2 Å². The van der Waals surface area contributed by atoms with Gasteiger partial charge >= 0.3 is 0 Å². The molecule has 0 bridgehead atoms. The van der Waals surface area contributed by atoms with Crippen molar-refractivity contribution in [2.24, 2.45) is 18.5 Å². The molecule has 0 aliphatic carbocycles. The first-order valence-corrected chi connectivity index (χ1v) is 18.1. The van der Waals surface area contributed by atoms with Gasteiger partial charge in [0.25, 0.3) is 22.9 Å². The Morgan fingerprint density at radius 3 is 1.46 bits per heavy atom. The molecule has 14 nitrogen and oxygen atoms in total. The summed E-state index contributed by atoms with van der Waals surface area (Å²) in [6.45, 7) is 5.66. The fourth-order valence-electron chi connectivity index (χ4n) is 5.12. The number of nitrogens with two attached hydrogens (primary N) is 2. The Labute approximate surface area is 328 Å². The standard InChI is InChI=1S/C19H18F2N4O3S.C18H16F2N4O3S/c1-19(2,28)9-6-11(20)16(12(21)7-9)13-8-10(17(22)27)18(29-13)23-14-4-5-15(26)25(3)24-14;1-18(2,27)8-5-10(19)15(11(20)6-8)12-7-9(16(21)26)17(28-12)22-13-3-4-14(25)24-23-13/h4-8,28H,1-3H3,(H2,22,27)(H,23,24);3-7,27H,1-2H3,(H2,21,26)(H,22,23)(H,24,25). The van der Waals surface area contributed by atoms with Crippen molar-refractivity contribution in [2.75, 3.05) is 10.6 Å². The number of carbonyl (C=O) groups excluding carboxylic acids is 2. The number of anilines is 4. The molecule has 298 valence electrons. The molecule has 0 aliphatic rings. The SMILES string of the molecule is CC(C)(O)c1cc(F)c(-c2cc(C(N)=O)c(Nc3ccc(=O)[nH]n3)s2)c(F)c1.Cn1nc(Nc2sc(-c3c(F)cc(C(C)(C)O)cc3F)cc2C(N)=O)ccc1=O. The first-order valence-electron chi connectivity index (χ1n) is 16.5. The zero-order valence-corrected chi connectivity index (χ0v) is 32.3. The highest BCUT2D eigenvalue weighted by molar-refractivity contribution is 7.20. The topological polar surface area (TPSA) is 231 Å². The van der Waals surface area contributed by atoms with E-state index in [0.717, 1.165) is 51.6 Å². The highest BCUT2D eigenvalue weighted by Crippen LogP contribution is 2.41. The molecule has 57 heavy (non-hydrogen) atoms. The van der Waals surface area contributed by atoms with Crippen LogP contribution in [0.1, 0.15) is 59.5 Å². The molecule has 4 heterocycles. The fourth-order valence-corrected chi connectivity index (χ4v) is 7.36. The largest absolute Gasteiger partial charge is 0.386 e. The van der Waals surface area contributed by atoms with Gasteiger partial charge in [0.15, 0.2) is 11.6 Å². The molecule has 6 rings (SSSR count). The van der Waals surface area contributed by atoms with Gasteiger partial charge in [0.05, 0.1) is 33.5 Å². The molecule has 0 unspecified atom stereocenters. The molecule has 6 aromatic rings. The van der Waals surface area contributed by atoms with Crippen molar-refractivity contribution in [3.63, 3.8) is 0 Å². The number of nitrogens with one attached hydrogen (secondary N) is 3. The quantitative estimate of drug-likeness (QED) is 0.0833. The van der Waals surface area contributed by atoms with Crippen molar-refractivity contribution < 1.29 is 37.4 Å². The summed E-state index contributed by atoms with van der Waals surface area (Å²) < 4.78 is 59.6. The van der Waals surface area contributed by atoms with E-state index in [1.54, 1.807) is 0 Å². The lowest BCUT2D eigenvalue weighted by Gasteiger charge is -2.18. The highest BCUT2D eigenvalue weighted by atomic mass is 32.1. The third-order valence-corrected chi connectivity index (χ3v) is 10.2. The normalized spacial score (nSPS) is 11.5. The smallest absolute Gasteiger partial charge is 0.266 e. The summed E-state index contributed by atoms with van der Waals surface area (Å²) in [5.41, 5.74) is 6.70. The molecule has 0 radical (unpaired) electrons. The number of primary amides is 2. The van der Waals surface area contributed by atoms with Crippen LogP contribution in [0.25, 0.3) is 20.9 Å². The first-order chi connectivity index (χ1) is 26.5. The molecule has 0 aliphatic heterocycles. The number of aromatic nitrogens is 4. The fraction of sp³-hybridized carbons (Fsp3) is 0.189. The van der Waals surface area contributed by atoms with Crippen LogP contribution < -0.4 is 33.2 Å². The minimum Gasteiger partial charge on any atom is -0.386 e. The van der Waals surface area contributed by atoms with Gasteiger partial charge in [-0.1, -0.05) is 0 Å². The molecule has 9 N–H and O–H groups in total. The van der Waals surface area contributed by atoms with Crippen molar-refractivity contribution in [1.29, 1.82) is 0 Å². The number of rotatable bonds is 10. The van der Waals surface area contributed by atoms with Gasteiger partial charge in [-0.05, 0) is 87.4 Å². The van der Waals surface area contributed by atoms with Crippen molar-refractivity contribution in [1.82, 2.24) is 20.0 Å². The van der Waals surface area contributed by atoms with Crippen molar-refractivity contribution >= 4 is 56.1 Å². The minimum atomic E-state index is -1.42. The summed E-state index contributed by atoms with van der Waals surface area (Å²) >= 11 is 1.80. The molecule has 0 fully saturated rings. The van der Waals surface area contributed by atoms with Gasteiger partial charge in [-0.15, -0.1) is 22.7 Å². The number of aryl methyl sites for hydroxylation is 1. The van der Waals surface area contributed by atoms with Crippen molar-refractivity contribution in [3.05, 3.63) is 127 Å². The van der Waals surface area contributed by atoms with Gasteiger partial charge in [0, 0.05) is 28.9 Å². The summed E-state index contributed by atoms with van der Waals surface area (Å²) in [5.74, 6) is -4.67. The van der Waals surface area contributed by atoms with Crippen LogP contribution in [-0.2, 0) is 18.2 Å². The number of H-pyrrole nitrogens is 1. The lowest BCUT2D eigenvalue weighted by molar-refractivity contribution is 0.0774. The predicted molar refractivity (Wildman–Crippen MR) is 208 cm³/mol. The second-order valence-electron chi connectivity index (χ2n) is 13.4. The van der Waals surface area contributed by atoms with Gasteiger partial charge in [-0.3, -0.25) is 19.2 Å². The number of aromatic amines is 1. The van der Waals surface area contributed by atoms with E-state index in [0.29, 0.717) is 0 Å². The van der Waals surface area contributed by atoms with Crippen LogP contribution in [0, 0.1) is 23.3 Å². The molecule has 2 amide bonds. The Bertz CT molecular complexity index is 2580. The molecular weight excluding hydrogens is 793 g/mol. The van der Waals surface area contributed by atoms with E-state index in [1.807, 2.05) is 0 Å². The van der Waals surface area contributed by atoms with Gasteiger partial charge in [-0.25, -0.2) is 27.3 Å². The monoisotopic (exact) mass is 826 g/mol. The summed E-state index contributed by atoms with van der Waals surface area (Å²) in [7, 11) is 1.46. The first kappa shape index (κ1) is 41.9. The molecule has 0 spiro atoms. The summed E-state index contributed by atoms with van der Waals surface area (Å²) in [5, 5.41) is 36.0. The Hall–Kier alpha value is -6.22. The summed E-state index contributed by atoms with van der Waals surface area (Å²) in [6, 6.07) is 12.0. The van der Waals surface area contributed by atoms with Crippen molar-refractivity contribution in [2.45, 2.75) is 38.9 Å². The van der Waals surface area contributed by atoms with E-state index in [4.69, 9.17) is 11.5 Å². The van der Waals surface area contributed by atoms with E-state index >= 15 is 0 Å². The predicted octanol–water partition coefficient (Wildman–Crippen LogP) is 5.70. The maximum absolute atomic E-state index is 14.7. The number of nitrogens with zero attached hydrogens (tertiary/aromatic N) is 3. The third kappa shape index (κ3) is 9.60. The minimum absolute atomic E-state index is 0.0124. The zero-order chi connectivity index (χ0) is 42.1. The zero-order valence-electron chi connectivity index (χ0n) is 30.6. The average Bonchev–Trinajstić information content (AvgIpc) is 3.71. The Kier molecular flexibility index (Phi) is 11.8. The van der Waals surface area contributed by atoms with Gasteiger partial charge < -0.3 is 32.3 Å². The number of aliphatic hydroxyl groups is 2. The summed E-state index contributed by atoms with van der Waals surface area (Å²) in [4.78, 5) is 46.4. The Morgan fingerprint density at radius 2 is 1.11 bits per heavy atom. The lowest BCUT2D eigenvalue weighted by Crippen LogP contribution is -2.19. The van der Waals surface area contributed by atoms with Crippen LogP contribution in [-0.4, -0.2) is 42.0 Å². The van der Waals surface area contributed by atoms with E-state index in [9.17, 15) is 47.0 Å². The number of thiophene rings is 2. The number of hydrogen-bond acceptors (Lipinski definition) is 12. The molecule has 0 atom stereocenters. The van der Waals surface area contributed by atoms with Crippen molar-refractivity contribution in [3.8, 4) is 20.9 Å². The molecule has 0 saturated heterocycles. The molecule has 2 aromatic carbocycles. The highest BCUT2D eigenvalue weighted by Gasteiger charge is 2.26. The maximum atomic E-state index is 14.7. The number of halogens is 4. The van der Waals surface area contributed by atoms with Gasteiger partial charge in [0.1, 0.15) is 33.3 Å². The summed E-state index contributed by atoms with van der Waals surface area (Å²) in [6.07, 6.45) is 0. The number of hydrogen-bond donors (Lipinski definition) is 7. The van der Waals surface area contributed by atoms with Crippen LogP contribution >= 0.6 is 22.7 Å².